The minimum Gasteiger partial charge on any atom is -0.439 e. The summed E-state index contributed by atoms with van der Waals surface area (Å²) in [7, 11) is -4.24. The Kier molecular flexibility index (Phi) is 9.18. The highest BCUT2D eigenvalue weighted by Crippen LogP contribution is 2.42. The van der Waals surface area contributed by atoms with Crippen molar-refractivity contribution in [2.45, 2.75) is 19.9 Å². The van der Waals surface area contributed by atoms with E-state index in [0.29, 0.717) is 35.2 Å². The molecule has 1 unspecified atom stereocenters. The van der Waals surface area contributed by atoms with E-state index < -0.39 is 27.0 Å². The highest BCUT2D eigenvalue weighted by molar-refractivity contribution is 7.85. The van der Waals surface area contributed by atoms with E-state index in [1.165, 1.54) is 0 Å². The quantitative estimate of drug-likeness (QED) is 0.0915. The molecule has 46 heavy (non-hydrogen) atoms. The lowest BCUT2D eigenvalue weighted by atomic mass is 10.0. The molecule has 2 N–H and O–H groups in total. The first-order chi connectivity index (χ1) is 22.2. The van der Waals surface area contributed by atoms with Gasteiger partial charge in [0.15, 0.2) is 23.4 Å². The maximum Gasteiger partial charge on any atom is 0.374 e. The lowest BCUT2D eigenvalue weighted by molar-refractivity contribution is -0.673. The van der Waals surface area contributed by atoms with Crippen LogP contribution in [0.3, 0.4) is 0 Å². The molecule has 5 aromatic rings. The van der Waals surface area contributed by atoms with Crippen LogP contribution in [0.15, 0.2) is 119 Å². The van der Waals surface area contributed by atoms with Gasteiger partial charge in [-0.05, 0) is 52.4 Å². The number of aromatic nitrogens is 1. The minimum absolute atomic E-state index is 0.0177. The fourth-order valence-electron chi connectivity index (χ4n) is 5.44. The van der Waals surface area contributed by atoms with Gasteiger partial charge in [0, 0.05) is 18.7 Å². The van der Waals surface area contributed by atoms with Crippen LogP contribution in [-0.4, -0.2) is 39.8 Å². The number of nitrogens with zero attached hydrogens (tertiary/aromatic N) is 2. The smallest absolute Gasteiger partial charge is 0.374 e. The Morgan fingerprint density at radius 1 is 0.913 bits per heavy atom. The third-order valence-corrected chi connectivity index (χ3v) is 8.99. The number of hydrogen-bond donors (Lipinski definition) is 2. The molecular formula is C35H33N2O7S2+. The second kappa shape index (κ2) is 13.4. The molecule has 1 aromatic heterocycles. The lowest BCUT2D eigenvalue weighted by Crippen LogP contribution is -2.38. The highest BCUT2D eigenvalue weighted by atomic mass is 32.2. The highest BCUT2D eigenvalue weighted by Gasteiger charge is 2.29. The summed E-state index contributed by atoms with van der Waals surface area (Å²) in [6.07, 6.45) is 4.25. The maximum atomic E-state index is 11.8. The number of rotatable bonds is 11. The van der Waals surface area contributed by atoms with Crippen molar-refractivity contribution in [3.8, 4) is 28.0 Å². The van der Waals surface area contributed by atoms with Crippen LogP contribution in [0, 0.1) is 0 Å². The topological polar surface area (TPSA) is 121 Å². The molecule has 0 amide bonds. The Balaban J connectivity index is 1.41. The predicted molar refractivity (Wildman–Crippen MR) is 180 cm³/mol. The zero-order chi connectivity index (χ0) is 32.3. The Morgan fingerprint density at radius 2 is 1.57 bits per heavy atom. The fourth-order valence-corrected chi connectivity index (χ4v) is 6.19. The van der Waals surface area contributed by atoms with Crippen LogP contribution < -0.4 is 14.2 Å². The van der Waals surface area contributed by atoms with Gasteiger partial charge in [0.05, 0.1) is 17.5 Å². The van der Waals surface area contributed by atoms with Gasteiger partial charge in [-0.3, -0.25) is 4.55 Å². The van der Waals surface area contributed by atoms with E-state index >= 15 is 0 Å². The van der Waals surface area contributed by atoms with Crippen molar-refractivity contribution >= 4 is 44.1 Å². The number of ether oxygens (including phenoxy) is 1. The summed E-state index contributed by atoms with van der Waals surface area (Å²) in [6.45, 7) is 2.20. The molecule has 236 valence electrons. The fraction of sp³-hybridized carbons (Fsp3) is 0.171. The van der Waals surface area contributed by atoms with Gasteiger partial charge in [0.25, 0.3) is 15.6 Å². The van der Waals surface area contributed by atoms with E-state index in [4.69, 9.17) is 9.15 Å². The first-order valence-electron chi connectivity index (χ1n) is 14.8. The molecule has 11 heteroatoms. The van der Waals surface area contributed by atoms with Gasteiger partial charge in [-0.1, -0.05) is 79.7 Å². The third-order valence-electron chi connectivity index (χ3n) is 7.76. The zero-order valence-electron chi connectivity index (χ0n) is 25.1. The number of aryl methyl sites for hydroxylation is 1. The molecule has 6 rings (SSSR count). The van der Waals surface area contributed by atoms with Crippen molar-refractivity contribution in [3.63, 3.8) is 0 Å². The molecule has 4 aromatic carbocycles. The SMILES string of the molecule is CCC(/C=C1\Oc2ccc(-c3ccccc3)cc2N1CCS(=O)(=O)O)=C\c1oc2ccc(-c3ccccc3)cc2[n+]1CCS(=O)O. The molecule has 9 nitrogen and oxygen atoms in total. The second-order valence-electron chi connectivity index (χ2n) is 10.8. The first kappa shape index (κ1) is 31.4. The molecule has 1 atom stereocenters. The lowest BCUT2D eigenvalue weighted by Gasteiger charge is -2.18. The van der Waals surface area contributed by atoms with Crippen molar-refractivity contribution in [3.05, 3.63) is 120 Å². The van der Waals surface area contributed by atoms with Crippen molar-refractivity contribution in [1.29, 1.82) is 0 Å². The molecule has 0 spiro atoms. The van der Waals surface area contributed by atoms with Crippen molar-refractivity contribution in [2.75, 3.05) is 23.0 Å². The first-order valence-corrected chi connectivity index (χ1v) is 17.7. The molecular weight excluding hydrogens is 625 g/mol. The number of fused-ring (bicyclic) bond motifs is 2. The molecule has 2 heterocycles. The summed E-state index contributed by atoms with van der Waals surface area (Å²) in [5.41, 5.74) is 6.87. The van der Waals surface area contributed by atoms with Gasteiger partial charge < -0.3 is 18.6 Å². The molecule has 0 aliphatic carbocycles. The summed E-state index contributed by atoms with van der Waals surface area (Å²) in [5.74, 6) is 0.992. The van der Waals surface area contributed by atoms with Crippen LogP contribution in [-0.2, 0) is 27.7 Å². The number of allylic oxidation sites excluding steroid dienone is 2. The summed E-state index contributed by atoms with van der Waals surface area (Å²) in [6, 6.07) is 31.4. The van der Waals surface area contributed by atoms with Gasteiger partial charge in [-0.2, -0.15) is 13.0 Å². The maximum absolute atomic E-state index is 11.8. The van der Waals surface area contributed by atoms with E-state index in [-0.39, 0.29) is 18.8 Å². The van der Waals surface area contributed by atoms with Crippen molar-refractivity contribution in [2.24, 2.45) is 0 Å². The van der Waals surface area contributed by atoms with Crippen LogP contribution in [0.2, 0.25) is 0 Å². The normalized spacial score (nSPS) is 14.9. The molecule has 0 fully saturated rings. The van der Waals surface area contributed by atoms with Crippen LogP contribution in [0.4, 0.5) is 5.69 Å². The van der Waals surface area contributed by atoms with Crippen LogP contribution in [0.1, 0.15) is 19.2 Å². The summed E-state index contributed by atoms with van der Waals surface area (Å²) < 4.78 is 68.8. The Morgan fingerprint density at radius 3 is 2.20 bits per heavy atom. The van der Waals surface area contributed by atoms with Crippen LogP contribution in [0.5, 0.6) is 5.75 Å². The van der Waals surface area contributed by atoms with Crippen molar-refractivity contribution in [1.82, 2.24) is 0 Å². The molecule has 0 radical (unpaired) electrons. The zero-order valence-corrected chi connectivity index (χ0v) is 26.7. The largest absolute Gasteiger partial charge is 0.439 e. The van der Waals surface area contributed by atoms with Gasteiger partial charge in [0.1, 0.15) is 5.75 Å². The van der Waals surface area contributed by atoms with Gasteiger partial charge in [0.2, 0.25) is 11.5 Å². The molecule has 0 bridgehead atoms. The third kappa shape index (κ3) is 7.13. The van der Waals surface area contributed by atoms with Crippen LogP contribution >= 0.6 is 0 Å². The van der Waals surface area contributed by atoms with Gasteiger partial charge in [-0.25, -0.2) is 4.21 Å². The molecule has 1 aliphatic heterocycles. The van der Waals surface area contributed by atoms with Crippen LogP contribution in [0.25, 0.3) is 39.4 Å². The molecule has 0 saturated carbocycles. The van der Waals surface area contributed by atoms with Gasteiger partial charge in [-0.15, -0.1) is 0 Å². The Bertz CT molecular complexity index is 2070. The van der Waals surface area contributed by atoms with E-state index in [2.05, 4.69) is 0 Å². The predicted octanol–water partition coefficient (Wildman–Crippen LogP) is 6.70. The van der Waals surface area contributed by atoms with E-state index in [1.807, 2.05) is 121 Å². The van der Waals surface area contributed by atoms with E-state index in [1.54, 1.807) is 4.90 Å². The molecule has 1 aliphatic rings. The Hall–Kier alpha value is -4.55. The van der Waals surface area contributed by atoms with E-state index in [9.17, 15) is 21.7 Å². The number of anilines is 1. The number of hydrogen-bond acceptors (Lipinski definition) is 6. The molecule has 0 saturated heterocycles. The van der Waals surface area contributed by atoms with Crippen molar-refractivity contribution < 1.29 is 35.5 Å². The number of benzene rings is 4. The second-order valence-corrected chi connectivity index (χ2v) is 13.4. The average Bonchev–Trinajstić information content (AvgIpc) is 3.58. The van der Waals surface area contributed by atoms with E-state index in [0.717, 1.165) is 33.3 Å². The summed E-state index contributed by atoms with van der Waals surface area (Å²) in [5, 5.41) is 0. The Labute approximate surface area is 270 Å². The van der Waals surface area contributed by atoms with Gasteiger partial charge >= 0.3 is 5.89 Å². The monoisotopic (exact) mass is 657 g/mol. The standard InChI is InChI=1S/C35H32N2O7S2/c1-2-25(21-34-36(17-19-45(38)39)30-23-28(13-15-32(30)43-34)26-9-5-3-6-10-26)22-35-37(18-20-46(40,41)42)31-24-29(14-16-33(31)44-35)27-11-7-4-8-12-27/h3-16,21-24H,2,17-20H2,1H3,(H-,38,39,40,41,42)/p+1. The number of oxazole rings is 1. The average molecular weight is 658 g/mol. The minimum atomic E-state index is -4.24. The summed E-state index contributed by atoms with van der Waals surface area (Å²) in [4.78, 5) is 1.74. The summed E-state index contributed by atoms with van der Waals surface area (Å²) >= 11 is -2.01.